The number of benzene rings is 1. The van der Waals surface area contributed by atoms with E-state index >= 15 is 0 Å². The van der Waals surface area contributed by atoms with Crippen LogP contribution in [0.4, 0.5) is 0 Å². The molecule has 2 aromatic heterocycles. The minimum Gasteiger partial charge on any atom is -0.299 e. The van der Waals surface area contributed by atoms with Crippen molar-refractivity contribution in [2.75, 3.05) is 0 Å². The van der Waals surface area contributed by atoms with Crippen LogP contribution < -0.4 is 5.56 Å². The molecule has 0 saturated heterocycles. The first kappa shape index (κ1) is 16.4. The normalized spacial score (nSPS) is 12.3. The molecule has 6 heteroatoms. The van der Waals surface area contributed by atoms with Gasteiger partial charge in [0.05, 0.1) is 16.2 Å². The Balaban J connectivity index is 2.27. The summed E-state index contributed by atoms with van der Waals surface area (Å²) in [6, 6.07) is 10.9. The number of ketones is 1. The van der Waals surface area contributed by atoms with Crippen molar-refractivity contribution < 1.29 is 4.79 Å². The van der Waals surface area contributed by atoms with Crippen molar-refractivity contribution in [1.29, 1.82) is 0 Å². The fourth-order valence-electron chi connectivity index (χ4n) is 2.23. The minimum absolute atomic E-state index is 0.0332. The molecule has 0 amide bonds. The molecule has 24 heavy (non-hydrogen) atoms. The standard InChI is InChI=1S/C18H17N3O2S/c1-11-8-9-16(19-10-11)21-17(23)14-6-4-5-7-15(14)20-18(21)24-13(3)12(2)22/h4-10,13H,1-3H3/t13-/m0/s1. The van der Waals surface area contributed by atoms with Gasteiger partial charge in [0.1, 0.15) is 11.6 Å². The van der Waals surface area contributed by atoms with Crippen LogP contribution in [0, 0.1) is 6.92 Å². The monoisotopic (exact) mass is 339 g/mol. The van der Waals surface area contributed by atoms with Gasteiger partial charge in [0.2, 0.25) is 0 Å². The van der Waals surface area contributed by atoms with Gasteiger partial charge in [-0.05, 0) is 44.5 Å². The summed E-state index contributed by atoms with van der Waals surface area (Å²) in [5.74, 6) is 0.535. The fourth-order valence-corrected chi connectivity index (χ4v) is 3.14. The molecule has 0 saturated carbocycles. The van der Waals surface area contributed by atoms with Crippen LogP contribution in [-0.4, -0.2) is 25.6 Å². The van der Waals surface area contributed by atoms with Crippen molar-refractivity contribution in [2.45, 2.75) is 31.2 Å². The third kappa shape index (κ3) is 3.10. The molecular formula is C18H17N3O2S. The van der Waals surface area contributed by atoms with Gasteiger partial charge in [-0.25, -0.2) is 14.5 Å². The second kappa shape index (κ2) is 6.57. The number of pyridine rings is 1. The van der Waals surface area contributed by atoms with Gasteiger partial charge in [0.25, 0.3) is 5.56 Å². The van der Waals surface area contributed by atoms with Crippen LogP contribution in [-0.2, 0) is 4.79 Å². The Hall–Kier alpha value is -2.47. The van der Waals surface area contributed by atoms with E-state index in [2.05, 4.69) is 9.97 Å². The summed E-state index contributed by atoms with van der Waals surface area (Å²) in [7, 11) is 0. The molecule has 0 unspecified atom stereocenters. The molecule has 0 N–H and O–H groups in total. The van der Waals surface area contributed by atoms with E-state index in [1.807, 2.05) is 25.1 Å². The molecule has 0 aliphatic carbocycles. The Labute approximate surface area is 143 Å². The van der Waals surface area contributed by atoms with Crippen LogP contribution in [0.5, 0.6) is 0 Å². The molecule has 5 nitrogen and oxygen atoms in total. The van der Waals surface area contributed by atoms with Gasteiger partial charge >= 0.3 is 0 Å². The average Bonchev–Trinajstić information content (AvgIpc) is 2.56. The highest BCUT2D eigenvalue weighted by atomic mass is 32.2. The SMILES string of the molecule is CC(=O)[C@H](C)Sc1nc2ccccc2c(=O)n1-c1ccc(C)cn1. The molecule has 1 aromatic carbocycles. The van der Waals surface area contributed by atoms with E-state index in [1.54, 1.807) is 31.3 Å². The molecule has 122 valence electrons. The van der Waals surface area contributed by atoms with E-state index < -0.39 is 0 Å². The maximum Gasteiger partial charge on any atom is 0.267 e. The second-order valence-electron chi connectivity index (χ2n) is 5.62. The number of thioether (sulfide) groups is 1. The lowest BCUT2D eigenvalue weighted by Crippen LogP contribution is -2.24. The average molecular weight is 339 g/mol. The molecule has 3 rings (SSSR count). The van der Waals surface area contributed by atoms with Gasteiger partial charge in [-0.15, -0.1) is 0 Å². The fraction of sp³-hybridized carbons (Fsp3) is 0.222. The molecule has 2 heterocycles. The lowest BCUT2D eigenvalue weighted by atomic mass is 10.2. The van der Waals surface area contributed by atoms with Crippen LogP contribution >= 0.6 is 11.8 Å². The van der Waals surface area contributed by atoms with Crippen LogP contribution in [0.2, 0.25) is 0 Å². The first-order valence-electron chi connectivity index (χ1n) is 7.59. The molecule has 0 bridgehead atoms. The van der Waals surface area contributed by atoms with E-state index in [0.29, 0.717) is 21.9 Å². The largest absolute Gasteiger partial charge is 0.299 e. The lowest BCUT2D eigenvalue weighted by Gasteiger charge is -2.14. The second-order valence-corrected chi connectivity index (χ2v) is 6.92. The molecule has 1 atom stereocenters. The van der Waals surface area contributed by atoms with Gasteiger partial charge in [-0.1, -0.05) is 30.0 Å². The van der Waals surface area contributed by atoms with E-state index in [1.165, 1.54) is 23.3 Å². The number of para-hydroxylation sites is 1. The van der Waals surface area contributed by atoms with E-state index in [0.717, 1.165) is 5.56 Å². The van der Waals surface area contributed by atoms with Crippen molar-refractivity contribution in [3.05, 3.63) is 58.5 Å². The number of hydrogen-bond donors (Lipinski definition) is 0. The Kier molecular flexibility index (Phi) is 4.49. The van der Waals surface area contributed by atoms with Crippen molar-refractivity contribution in [2.24, 2.45) is 0 Å². The van der Waals surface area contributed by atoms with Crippen LogP contribution in [0.3, 0.4) is 0 Å². The first-order chi connectivity index (χ1) is 11.5. The van der Waals surface area contributed by atoms with Crippen LogP contribution in [0.15, 0.2) is 52.5 Å². The summed E-state index contributed by atoms with van der Waals surface area (Å²) in [6.07, 6.45) is 1.71. The maximum atomic E-state index is 13.0. The summed E-state index contributed by atoms with van der Waals surface area (Å²) >= 11 is 1.27. The molecule has 0 aliphatic heterocycles. The van der Waals surface area contributed by atoms with Crippen molar-refractivity contribution in [3.8, 4) is 5.82 Å². The van der Waals surface area contributed by atoms with Crippen LogP contribution in [0.1, 0.15) is 19.4 Å². The van der Waals surface area contributed by atoms with Gasteiger partial charge in [-0.2, -0.15) is 0 Å². The van der Waals surface area contributed by atoms with Gasteiger partial charge < -0.3 is 0 Å². The van der Waals surface area contributed by atoms with E-state index in [-0.39, 0.29) is 16.6 Å². The number of aryl methyl sites for hydroxylation is 1. The summed E-state index contributed by atoms with van der Waals surface area (Å²) < 4.78 is 1.48. The van der Waals surface area contributed by atoms with Crippen molar-refractivity contribution in [3.63, 3.8) is 0 Å². The zero-order valence-electron chi connectivity index (χ0n) is 13.7. The quantitative estimate of drug-likeness (QED) is 0.540. The molecule has 3 aromatic rings. The maximum absolute atomic E-state index is 13.0. The zero-order valence-corrected chi connectivity index (χ0v) is 14.5. The predicted octanol–water partition coefficient (Wildman–Crippen LogP) is 3.16. The highest BCUT2D eigenvalue weighted by Gasteiger charge is 2.18. The lowest BCUT2D eigenvalue weighted by molar-refractivity contribution is -0.116. The number of nitrogens with zero attached hydrogens (tertiary/aromatic N) is 3. The molecule has 0 fully saturated rings. The number of Topliss-reactive ketones (excluding diaryl/α,β-unsaturated/α-hetero) is 1. The summed E-state index contributed by atoms with van der Waals surface area (Å²) in [6.45, 7) is 5.28. The van der Waals surface area contributed by atoms with Gasteiger partial charge in [-0.3, -0.25) is 9.59 Å². The van der Waals surface area contributed by atoms with Crippen LogP contribution in [0.25, 0.3) is 16.7 Å². The minimum atomic E-state index is -0.297. The highest BCUT2D eigenvalue weighted by molar-refractivity contribution is 8.00. The van der Waals surface area contributed by atoms with E-state index in [4.69, 9.17) is 0 Å². The Morgan fingerprint density at radius 3 is 2.62 bits per heavy atom. The third-order valence-electron chi connectivity index (χ3n) is 3.72. The summed E-state index contributed by atoms with van der Waals surface area (Å²) in [5, 5.41) is 0.701. The molecule has 0 aliphatic rings. The smallest absolute Gasteiger partial charge is 0.267 e. The number of carbonyl (C=O) groups is 1. The number of hydrogen-bond acceptors (Lipinski definition) is 5. The molecular weight excluding hydrogens is 322 g/mol. The topological polar surface area (TPSA) is 64.8 Å². The molecule has 0 radical (unpaired) electrons. The Bertz CT molecular complexity index is 964. The van der Waals surface area contributed by atoms with E-state index in [9.17, 15) is 9.59 Å². The number of aromatic nitrogens is 3. The van der Waals surface area contributed by atoms with Crippen molar-refractivity contribution >= 4 is 28.4 Å². The number of fused-ring (bicyclic) bond motifs is 1. The summed E-state index contributed by atoms with van der Waals surface area (Å²) in [4.78, 5) is 33.6. The Morgan fingerprint density at radius 1 is 1.21 bits per heavy atom. The summed E-state index contributed by atoms with van der Waals surface area (Å²) in [5.41, 5.74) is 1.44. The van der Waals surface area contributed by atoms with Crippen molar-refractivity contribution in [1.82, 2.24) is 14.5 Å². The molecule has 0 spiro atoms. The Morgan fingerprint density at radius 2 is 1.96 bits per heavy atom. The zero-order chi connectivity index (χ0) is 17.3. The predicted molar refractivity (Wildman–Crippen MR) is 95.9 cm³/mol. The highest BCUT2D eigenvalue weighted by Crippen LogP contribution is 2.24. The first-order valence-corrected chi connectivity index (χ1v) is 8.47. The number of carbonyl (C=O) groups excluding carboxylic acids is 1. The van der Waals surface area contributed by atoms with Gasteiger partial charge in [0, 0.05) is 6.20 Å². The third-order valence-corrected chi connectivity index (χ3v) is 4.89. The number of rotatable bonds is 4. The van der Waals surface area contributed by atoms with Gasteiger partial charge in [0.15, 0.2) is 5.16 Å².